The number of amides is 1. The minimum absolute atomic E-state index is 0.0213. The second kappa shape index (κ2) is 9.68. The van der Waals surface area contributed by atoms with Crippen molar-refractivity contribution in [2.24, 2.45) is 5.92 Å². The van der Waals surface area contributed by atoms with E-state index in [9.17, 15) is 4.79 Å². The summed E-state index contributed by atoms with van der Waals surface area (Å²) in [5, 5.41) is 4.24. The van der Waals surface area contributed by atoms with E-state index < -0.39 is 0 Å². The Balaban J connectivity index is 1.50. The van der Waals surface area contributed by atoms with Crippen molar-refractivity contribution in [1.82, 2.24) is 19.8 Å². The lowest BCUT2D eigenvalue weighted by molar-refractivity contribution is -0.125. The van der Waals surface area contributed by atoms with Crippen LogP contribution in [0.1, 0.15) is 22.6 Å². The lowest BCUT2D eigenvalue weighted by atomic mass is 10.0. The maximum absolute atomic E-state index is 11.9. The van der Waals surface area contributed by atoms with Crippen LogP contribution in [-0.4, -0.2) is 65.1 Å². The highest BCUT2D eigenvalue weighted by Crippen LogP contribution is 2.25. The zero-order valence-electron chi connectivity index (χ0n) is 17.5. The number of nitrogens with zero attached hydrogens (tertiary/aromatic N) is 4. The molecule has 2 saturated heterocycles. The van der Waals surface area contributed by atoms with E-state index >= 15 is 0 Å². The SMILES string of the molecule is C=CC(=O)N1CC[C@@H](Cc2cc(CN3CCOCC3)cc(Nc3ncc(C)s3)n2)C1. The van der Waals surface area contributed by atoms with E-state index in [0.29, 0.717) is 5.92 Å². The Labute approximate surface area is 181 Å². The molecule has 160 valence electrons. The fourth-order valence-electron chi connectivity index (χ4n) is 4.07. The highest BCUT2D eigenvalue weighted by molar-refractivity contribution is 7.15. The number of hydrogen-bond acceptors (Lipinski definition) is 7. The number of nitrogens with one attached hydrogen (secondary N) is 1. The van der Waals surface area contributed by atoms with Gasteiger partial charge in [0.15, 0.2) is 5.13 Å². The quantitative estimate of drug-likeness (QED) is 0.685. The molecule has 8 heteroatoms. The van der Waals surface area contributed by atoms with Gasteiger partial charge in [0.1, 0.15) is 5.82 Å². The number of anilines is 2. The lowest BCUT2D eigenvalue weighted by Crippen LogP contribution is -2.35. The highest BCUT2D eigenvalue weighted by atomic mass is 32.1. The van der Waals surface area contributed by atoms with Gasteiger partial charge in [-0.05, 0) is 49.5 Å². The van der Waals surface area contributed by atoms with Gasteiger partial charge in [-0.2, -0.15) is 0 Å². The number of morpholine rings is 1. The summed E-state index contributed by atoms with van der Waals surface area (Å²) in [6.07, 6.45) is 5.14. The fourth-order valence-corrected chi connectivity index (χ4v) is 4.75. The van der Waals surface area contributed by atoms with Crippen LogP contribution in [-0.2, 0) is 22.5 Å². The minimum atomic E-state index is 0.0213. The third-order valence-electron chi connectivity index (χ3n) is 5.57. The van der Waals surface area contributed by atoms with Gasteiger partial charge in [0.05, 0.1) is 13.2 Å². The Kier molecular flexibility index (Phi) is 6.76. The molecule has 0 unspecified atom stereocenters. The van der Waals surface area contributed by atoms with E-state index in [4.69, 9.17) is 9.72 Å². The standard InChI is InChI=1S/C22H29N5O2S/c1-3-21(28)27-5-4-17(15-27)10-19-11-18(14-26-6-8-29-9-7-26)12-20(24-19)25-22-23-13-16(2)30-22/h3,11-13,17H,1,4-10,14-15H2,2H3,(H,23,24,25)/t17-/m0/s1. The van der Waals surface area contributed by atoms with Gasteiger partial charge in [0.25, 0.3) is 0 Å². The van der Waals surface area contributed by atoms with Gasteiger partial charge >= 0.3 is 0 Å². The van der Waals surface area contributed by atoms with Gasteiger partial charge in [0.2, 0.25) is 5.91 Å². The monoisotopic (exact) mass is 427 g/mol. The Bertz CT molecular complexity index is 893. The topological polar surface area (TPSA) is 70.6 Å². The van der Waals surface area contributed by atoms with Gasteiger partial charge in [-0.3, -0.25) is 9.69 Å². The maximum atomic E-state index is 11.9. The normalized spacial score (nSPS) is 19.8. The number of likely N-dealkylation sites (tertiary alicyclic amines) is 1. The molecular formula is C22H29N5O2S. The molecule has 1 atom stereocenters. The van der Waals surface area contributed by atoms with Crippen molar-refractivity contribution in [2.75, 3.05) is 44.7 Å². The van der Waals surface area contributed by atoms with Crippen LogP contribution < -0.4 is 5.32 Å². The van der Waals surface area contributed by atoms with Crippen molar-refractivity contribution in [3.8, 4) is 0 Å². The number of thiazole rings is 1. The fraction of sp³-hybridized carbons (Fsp3) is 0.500. The zero-order chi connectivity index (χ0) is 20.9. The number of carbonyl (C=O) groups is 1. The number of rotatable bonds is 7. The molecule has 0 spiro atoms. The van der Waals surface area contributed by atoms with Crippen molar-refractivity contribution in [3.05, 3.63) is 47.1 Å². The molecule has 2 fully saturated rings. The van der Waals surface area contributed by atoms with E-state index in [0.717, 1.165) is 75.4 Å². The Morgan fingerprint density at radius 3 is 2.93 bits per heavy atom. The second-order valence-corrected chi connectivity index (χ2v) is 9.22. The summed E-state index contributed by atoms with van der Waals surface area (Å²) in [4.78, 5) is 26.7. The summed E-state index contributed by atoms with van der Waals surface area (Å²) in [5.74, 6) is 1.28. The van der Waals surface area contributed by atoms with E-state index in [1.807, 2.05) is 18.0 Å². The van der Waals surface area contributed by atoms with Gasteiger partial charge in [-0.15, -0.1) is 11.3 Å². The summed E-state index contributed by atoms with van der Waals surface area (Å²) in [7, 11) is 0. The van der Waals surface area contributed by atoms with E-state index in [-0.39, 0.29) is 5.91 Å². The second-order valence-electron chi connectivity index (χ2n) is 7.99. The number of hydrogen-bond donors (Lipinski definition) is 1. The van der Waals surface area contributed by atoms with Crippen LogP contribution in [0.15, 0.2) is 31.0 Å². The van der Waals surface area contributed by atoms with Crippen molar-refractivity contribution in [3.63, 3.8) is 0 Å². The summed E-state index contributed by atoms with van der Waals surface area (Å²) >= 11 is 1.63. The third kappa shape index (κ3) is 5.44. The predicted octanol–water partition coefficient (Wildman–Crippen LogP) is 3.00. The van der Waals surface area contributed by atoms with E-state index in [1.165, 1.54) is 16.5 Å². The molecule has 0 aliphatic carbocycles. The van der Waals surface area contributed by atoms with Crippen LogP contribution >= 0.6 is 11.3 Å². The summed E-state index contributed by atoms with van der Waals surface area (Å²) in [6.45, 7) is 11.6. The van der Waals surface area contributed by atoms with Gasteiger partial charge in [-0.25, -0.2) is 9.97 Å². The molecule has 2 aliphatic heterocycles. The van der Waals surface area contributed by atoms with Crippen LogP contribution in [0.3, 0.4) is 0 Å². The van der Waals surface area contributed by atoms with Crippen molar-refractivity contribution < 1.29 is 9.53 Å². The summed E-state index contributed by atoms with van der Waals surface area (Å²) in [6, 6.07) is 4.34. The molecule has 0 saturated carbocycles. The first-order valence-electron chi connectivity index (χ1n) is 10.5. The Hall–Kier alpha value is -2.29. The number of carbonyl (C=O) groups excluding carboxylic acids is 1. The molecule has 4 rings (SSSR count). The largest absolute Gasteiger partial charge is 0.379 e. The summed E-state index contributed by atoms with van der Waals surface area (Å²) < 4.78 is 5.48. The van der Waals surface area contributed by atoms with Crippen LogP contribution in [0.25, 0.3) is 0 Å². The lowest BCUT2D eigenvalue weighted by Gasteiger charge is -2.27. The highest BCUT2D eigenvalue weighted by Gasteiger charge is 2.25. The molecule has 1 N–H and O–H groups in total. The smallest absolute Gasteiger partial charge is 0.245 e. The van der Waals surface area contributed by atoms with E-state index in [1.54, 1.807) is 11.3 Å². The van der Waals surface area contributed by atoms with Crippen LogP contribution in [0.4, 0.5) is 10.9 Å². The Morgan fingerprint density at radius 2 is 2.20 bits per heavy atom. The van der Waals surface area contributed by atoms with Crippen molar-refractivity contribution >= 4 is 28.2 Å². The number of ether oxygens (including phenoxy) is 1. The molecule has 1 amide bonds. The van der Waals surface area contributed by atoms with Gasteiger partial charge < -0.3 is 15.0 Å². The Morgan fingerprint density at radius 1 is 1.37 bits per heavy atom. The van der Waals surface area contributed by atoms with E-state index in [2.05, 4.69) is 33.9 Å². The van der Waals surface area contributed by atoms with Gasteiger partial charge in [-0.1, -0.05) is 6.58 Å². The average Bonchev–Trinajstić information content (AvgIpc) is 3.37. The van der Waals surface area contributed by atoms with Crippen LogP contribution in [0, 0.1) is 12.8 Å². The summed E-state index contributed by atoms with van der Waals surface area (Å²) in [5.41, 5.74) is 2.31. The van der Waals surface area contributed by atoms with Crippen molar-refractivity contribution in [2.45, 2.75) is 26.3 Å². The van der Waals surface area contributed by atoms with Crippen LogP contribution in [0.5, 0.6) is 0 Å². The maximum Gasteiger partial charge on any atom is 0.245 e. The molecule has 2 aromatic rings. The molecule has 4 heterocycles. The number of pyridine rings is 1. The first kappa shape index (κ1) is 21.0. The minimum Gasteiger partial charge on any atom is -0.379 e. The zero-order valence-corrected chi connectivity index (χ0v) is 18.3. The molecular weight excluding hydrogens is 398 g/mol. The average molecular weight is 428 g/mol. The predicted molar refractivity (Wildman–Crippen MR) is 119 cm³/mol. The first-order chi connectivity index (χ1) is 14.6. The molecule has 0 aromatic carbocycles. The van der Waals surface area contributed by atoms with Gasteiger partial charge in [0, 0.05) is 49.5 Å². The number of aryl methyl sites for hydroxylation is 1. The molecule has 2 aromatic heterocycles. The number of aromatic nitrogens is 2. The molecule has 0 bridgehead atoms. The third-order valence-corrected chi connectivity index (χ3v) is 6.40. The van der Waals surface area contributed by atoms with Crippen LogP contribution in [0.2, 0.25) is 0 Å². The molecule has 7 nitrogen and oxygen atoms in total. The first-order valence-corrected chi connectivity index (χ1v) is 11.3. The van der Waals surface area contributed by atoms with Crippen molar-refractivity contribution in [1.29, 1.82) is 0 Å². The molecule has 30 heavy (non-hydrogen) atoms. The molecule has 0 radical (unpaired) electrons. The molecule has 2 aliphatic rings.